The molecule has 0 amide bonds. The van der Waals surface area contributed by atoms with Crippen LogP contribution in [0.1, 0.15) is 18.9 Å². The van der Waals surface area contributed by atoms with Crippen molar-refractivity contribution in [2.75, 3.05) is 13.2 Å². The number of nitro groups is 1. The molecule has 2 rings (SSSR count). The molecule has 2 heterocycles. The van der Waals surface area contributed by atoms with Crippen molar-refractivity contribution in [1.29, 1.82) is 0 Å². The van der Waals surface area contributed by atoms with Crippen molar-refractivity contribution in [3.63, 3.8) is 0 Å². The van der Waals surface area contributed by atoms with Crippen molar-refractivity contribution in [3.8, 4) is 0 Å². The fourth-order valence-corrected chi connectivity index (χ4v) is 1.45. The molecule has 10 heteroatoms. The van der Waals surface area contributed by atoms with E-state index in [4.69, 9.17) is 20.0 Å². The van der Waals surface area contributed by atoms with E-state index in [1.54, 1.807) is 12.3 Å². The number of aromatic nitrogens is 1. The van der Waals surface area contributed by atoms with Gasteiger partial charge < -0.3 is 9.90 Å². The Morgan fingerprint density at radius 1 is 1.57 bits per heavy atom. The van der Waals surface area contributed by atoms with Gasteiger partial charge in [-0.25, -0.2) is 4.98 Å². The summed E-state index contributed by atoms with van der Waals surface area (Å²) in [7, 11) is 0. The third kappa shape index (κ3) is 13.4. The van der Waals surface area contributed by atoms with Gasteiger partial charge in [0.15, 0.2) is 0 Å². The van der Waals surface area contributed by atoms with Crippen molar-refractivity contribution in [3.05, 3.63) is 40.0 Å². The zero-order valence-corrected chi connectivity index (χ0v) is 13.2. The van der Waals surface area contributed by atoms with Crippen molar-refractivity contribution >= 4 is 16.7 Å². The molecule has 1 N–H and O–H groups in total. The standard InChI is InChI=1S/C10H12FN3.C2H4O2.CHNO2.Cu/c11-10-2-1-8(6-13-10)5-9-3-4-12-7-14-9;2*1-2(3)4;/h1-2,6,12H,3-5,7H2;1H3,(H,3,4);1H;/p-1. The molecule has 0 aromatic carbocycles. The van der Waals surface area contributed by atoms with Gasteiger partial charge in [0.05, 0.1) is 6.67 Å². The summed E-state index contributed by atoms with van der Waals surface area (Å²) in [4.78, 5) is 25.1. The first-order chi connectivity index (χ1) is 10.8. The van der Waals surface area contributed by atoms with Gasteiger partial charge in [-0.2, -0.15) is 4.39 Å². The number of carboxylic acid groups (broad SMARTS) is 1. The van der Waals surface area contributed by atoms with Crippen LogP contribution in [0.15, 0.2) is 23.3 Å². The van der Waals surface area contributed by atoms with Crippen molar-refractivity contribution < 1.29 is 34.8 Å². The number of nitrogens with zero attached hydrogens (tertiary/aromatic N) is 3. The minimum absolute atomic E-state index is 0.430. The zero-order chi connectivity index (χ0) is 17.7. The Bertz CT molecular complexity index is 547. The third-order valence-corrected chi connectivity index (χ3v) is 2.46. The second-order valence-electron chi connectivity index (χ2n) is 4.15. The van der Waals surface area contributed by atoms with Crippen molar-refractivity contribution in [2.45, 2.75) is 19.8 Å². The van der Waals surface area contributed by atoms with Gasteiger partial charge in [-0.1, -0.05) is 6.07 Å². The summed E-state index contributed by atoms with van der Waals surface area (Å²) >= 11 is 3.98. The molecule has 1 aliphatic rings. The average Bonchev–Trinajstić information content (AvgIpc) is 2.51. The molecule has 0 fully saturated rings. The topological polar surface area (TPSA) is 121 Å². The summed E-state index contributed by atoms with van der Waals surface area (Å²) in [5.41, 5.74) is 2.18. The summed E-state index contributed by atoms with van der Waals surface area (Å²) in [6.07, 6.45) is 3.33. The van der Waals surface area contributed by atoms with E-state index in [1.807, 2.05) is 0 Å². The molecule has 0 spiro atoms. The number of nitrogens with one attached hydrogen (secondary N) is 1. The summed E-state index contributed by atoms with van der Waals surface area (Å²) < 4.78 is 12.5. The van der Waals surface area contributed by atoms with Crippen LogP contribution in [-0.4, -0.2) is 39.8 Å². The molecule has 1 aromatic rings. The fourth-order valence-electron chi connectivity index (χ4n) is 1.45. The van der Waals surface area contributed by atoms with Crippen molar-refractivity contribution in [2.24, 2.45) is 4.99 Å². The van der Waals surface area contributed by atoms with Gasteiger partial charge in [0, 0.05) is 30.8 Å². The van der Waals surface area contributed by atoms with Gasteiger partial charge in [-0.05, 0) is 25.0 Å². The summed E-state index contributed by atoms with van der Waals surface area (Å²) in [6.45, 7) is 2.65. The Balaban J connectivity index is 0.000000450. The molecule has 0 bridgehead atoms. The number of aliphatic imine (C=N–C) groups is 1. The van der Waals surface area contributed by atoms with Gasteiger partial charge in [-0.15, -0.1) is 0 Å². The molecule has 0 atom stereocenters. The molecular weight excluding hydrogens is 359 g/mol. The molecule has 0 saturated heterocycles. The zero-order valence-electron chi connectivity index (χ0n) is 12.3. The number of halogens is 1. The van der Waals surface area contributed by atoms with E-state index in [-0.39, 0.29) is 0 Å². The van der Waals surface area contributed by atoms with Gasteiger partial charge in [-0.3, -0.25) is 10.3 Å². The van der Waals surface area contributed by atoms with Crippen LogP contribution in [0, 0.1) is 16.1 Å². The van der Waals surface area contributed by atoms with E-state index in [9.17, 15) is 4.39 Å². The van der Waals surface area contributed by atoms with Gasteiger partial charge in [0.2, 0.25) is 5.95 Å². The van der Waals surface area contributed by atoms with Crippen LogP contribution in [0.4, 0.5) is 4.39 Å². The van der Waals surface area contributed by atoms with Crippen LogP contribution in [0.5, 0.6) is 0 Å². The first-order valence-corrected chi connectivity index (χ1v) is 6.93. The molecular formula is C13H16CuFN4O4-. The number of pyridine rings is 1. The van der Waals surface area contributed by atoms with E-state index in [1.165, 1.54) is 6.07 Å². The number of aliphatic carboxylic acids is 1. The molecule has 131 valence electrons. The van der Waals surface area contributed by atoms with E-state index < -0.39 is 16.8 Å². The third-order valence-electron chi connectivity index (χ3n) is 2.27. The predicted molar refractivity (Wildman–Crippen MR) is 76.6 cm³/mol. The molecule has 0 radical (unpaired) electrons. The van der Waals surface area contributed by atoms with E-state index in [2.05, 4.69) is 30.9 Å². The SMILES string of the molecule is CC(=O)[O-].Fc1ccc(CC2=NCNCC2)cn1.O=[N+]([O-])[CH]=[Cu]. The number of carboxylic acids is 1. The summed E-state index contributed by atoms with van der Waals surface area (Å²) in [6, 6.07) is 3.14. The molecule has 0 aliphatic carbocycles. The quantitative estimate of drug-likeness (QED) is 0.329. The van der Waals surface area contributed by atoms with E-state index in [0.29, 0.717) is 11.7 Å². The number of carbonyl (C=O) groups excluding carboxylic acids is 1. The second kappa shape index (κ2) is 12.5. The number of hydrogen-bond acceptors (Lipinski definition) is 7. The molecule has 8 nitrogen and oxygen atoms in total. The summed E-state index contributed by atoms with van der Waals surface area (Å²) in [5, 5.41) is 21.5. The molecule has 0 unspecified atom stereocenters. The molecule has 1 aromatic heterocycles. The second-order valence-corrected chi connectivity index (χ2v) is 4.40. The maximum absolute atomic E-state index is 12.5. The molecule has 0 saturated carbocycles. The average molecular weight is 375 g/mol. The van der Waals surface area contributed by atoms with Gasteiger partial charge >= 0.3 is 35.7 Å². The first kappa shape index (κ1) is 21.0. The Hall–Kier alpha value is -2.03. The predicted octanol–water partition coefficient (Wildman–Crippen LogP) is -0.519. The Morgan fingerprint density at radius 2 is 2.17 bits per heavy atom. The minimum atomic E-state index is -1.08. The molecule has 1 aliphatic heterocycles. The van der Waals surface area contributed by atoms with Crippen molar-refractivity contribution in [1.82, 2.24) is 10.3 Å². The van der Waals surface area contributed by atoms with Crippen LogP contribution >= 0.6 is 0 Å². The Labute approximate surface area is 140 Å². The van der Waals surface area contributed by atoms with E-state index >= 15 is 0 Å². The summed E-state index contributed by atoms with van der Waals surface area (Å²) in [5.74, 6) is -1.51. The normalized spacial score (nSPS) is 12.6. The Kier molecular flexibility index (Phi) is 11.4. The number of carbonyl (C=O) groups is 1. The van der Waals surface area contributed by atoms with Crippen LogP contribution < -0.4 is 10.4 Å². The van der Waals surface area contributed by atoms with Crippen LogP contribution in [0.3, 0.4) is 0 Å². The van der Waals surface area contributed by atoms with Crippen LogP contribution in [-0.2, 0) is 26.8 Å². The van der Waals surface area contributed by atoms with Gasteiger partial charge in [0.1, 0.15) is 0 Å². The van der Waals surface area contributed by atoms with Gasteiger partial charge in [0.25, 0.3) is 0 Å². The molecule has 23 heavy (non-hydrogen) atoms. The Morgan fingerprint density at radius 3 is 2.57 bits per heavy atom. The van der Waals surface area contributed by atoms with Crippen LogP contribution in [0.25, 0.3) is 0 Å². The monoisotopic (exact) mass is 374 g/mol. The number of rotatable bonds is 3. The van der Waals surface area contributed by atoms with Crippen LogP contribution in [0.2, 0.25) is 0 Å². The fraction of sp³-hybridized carbons (Fsp3) is 0.385. The maximum atomic E-state index is 12.5. The number of hydrogen-bond donors (Lipinski definition) is 1. The first-order valence-electron chi connectivity index (χ1n) is 6.38. The van der Waals surface area contributed by atoms with E-state index in [0.717, 1.165) is 37.6 Å².